The van der Waals surface area contributed by atoms with E-state index in [1.165, 1.54) is 11.1 Å². The maximum Gasteiger partial charge on any atom is 0.244 e. The summed E-state index contributed by atoms with van der Waals surface area (Å²) >= 11 is 0. The molecule has 1 aliphatic carbocycles. The molecule has 1 N–H and O–H groups in total. The summed E-state index contributed by atoms with van der Waals surface area (Å²) in [5, 5.41) is 12.0. The Hall–Kier alpha value is -3.22. The first-order chi connectivity index (χ1) is 15.4. The average Bonchev–Trinajstić information content (AvgIpc) is 3.32. The van der Waals surface area contributed by atoms with E-state index in [0.29, 0.717) is 18.3 Å². The number of carbonyl (C=O) groups excluding carboxylic acids is 1. The van der Waals surface area contributed by atoms with E-state index in [1.54, 1.807) is 13.0 Å². The van der Waals surface area contributed by atoms with E-state index in [1.807, 2.05) is 24.6 Å². The largest absolute Gasteiger partial charge is 0.340 e. The number of nitrogens with one attached hydrogen (secondary N) is 1. The van der Waals surface area contributed by atoms with E-state index in [9.17, 15) is 4.79 Å². The zero-order valence-corrected chi connectivity index (χ0v) is 19.3. The van der Waals surface area contributed by atoms with Crippen LogP contribution in [-0.4, -0.2) is 25.8 Å². The highest BCUT2D eigenvalue weighted by molar-refractivity contribution is 5.92. The molecule has 1 amide bonds. The van der Waals surface area contributed by atoms with Crippen molar-refractivity contribution in [2.75, 3.05) is 0 Å². The summed E-state index contributed by atoms with van der Waals surface area (Å²) in [5.41, 5.74) is 4.79. The molecule has 4 rings (SSSR count). The van der Waals surface area contributed by atoms with Gasteiger partial charge in [0.25, 0.3) is 0 Å². The van der Waals surface area contributed by atoms with Crippen molar-refractivity contribution in [3.05, 3.63) is 70.1 Å². The fraction of sp³-hybridized carbons (Fsp3) is 0.440. The lowest BCUT2D eigenvalue weighted by Crippen LogP contribution is -2.47. The van der Waals surface area contributed by atoms with Crippen LogP contribution in [0.3, 0.4) is 0 Å². The van der Waals surface area contributed by atoms with Crippen molar-refractivity contribution in [2.45, 2.75) is 71.9 Å². The van der Waals surface area contributed by atoms with E-state index in [4.69, 9.17) is 4.52 Å². The van der Waals surface area contributed by atoms with Gasteiger partial charge in [-0.15, -0.1) is 0 Å². The van der Waals surface area contributed by atoms with Gasteiger partial charge in [0, 0.05) is 24.3 Å². The Morgan fingerprint density at radius 3 is 2.50 bits per heavy atom. The predicted molar refractivity (Wildman–Crippen MR) is 123 cm³/mol. The molecular weight excluding hydrogens is 402 g/mol. The molecule has 0 atom stereocenters. The molecule has 2 aromatic heterocycles. The van der Waals surface area contributed by atoms with E-state index >= 15 is 0 Å². The number of nitrogens with zero attached hydrogens (tertiary/aromatic N) is 4. The number of aromatic nitrogens is 4. The first-order valence-corrected chi connectivity index (χ1v) is 11.3. The number of benzene rings is 1. The standard InChI is InChI=1S/C25H31N5O2/c1-17-8-10-21(11-9-17)16-30-19(3)22(18(2)28-30)12-13-23(31)27-25(14-6-5-7-15-25)24-26-20(4)32-29-24/h8-13H,5-7,14-16H2,1-4H3,(H,27,31)/b13-12+. The molecule has 1 saturated carbocycles. The van der Waals surface area contributed by atoms with Gasteiger partial charge in [0.05, 0.1) is 12.2 Å². The van der Waals surface area contributed by atoms with E-state index in [2.05, 4.69) is 51.7 Å². The Balaban J connectivity index is 1.50. The number of hydrogen-bond acceptors (Lipinski definition) is 5. The van der Waals surface area contributed by atoms with Crippen molar-refractivity contribution >= 4 is 12.0 Å². The molecule has 2 heterocycles. The topological polar surface area (TPSA) is 85.8 Å². The van der Waals surface area contributed by atoms with Gasteiger partial charge >= 0.3 is 0 Å². The van der Waals surface area contributed by atoms with Crippen molar-refractivity contribution in [3.8, 4) is 0 Å². The van der Waals surface area contributed by atoms with Gasteiger partial charge in [-0.3, -0.25) is 9.48 Å². The third-order valence-electron chi connectivity index (χ3n) is 6.32. The van der Waals surface area contributed by atoms with Crippen LogP contribution in [0.1, 0.15) is 71.9 Å². The first-order valence-electron chi connectivity index (χ1n) is 11.3. The second-order valence-electron chi connectivity index (χ2n) is 8.83. The highest BCUT2D eigenvalue weighted by Crippen LogP contribution is 2.35. The number of aryl methyl sites for hydroxylation is 3. The highest BCUT2D eigenvalue weighted by Gasteiger charge is 2.39. The SMILES string of the molecule is Cc1ccc(Cn2nc(C)c(/C=C/C(=O)NC3(c4noc(C)n4)CCCCC3)c2C)cc1. The predicted octanol–water partition coefficient (Wildman–Crippen LogP) is 4.54. The number of amides is 1. The summed E-state index contributed by atoms with van der Waals surface area (Å²) in [6, 6.07) is 8.47. The molecular formula is C25H31N5O2. The second-order valence-corrected chi connectivity index (χ2v) is 8.83. The van der Waals surface area contributed by atoms with Crippen LogP contribution < -0.4 is 5.32 Å². The van der Waals surface area contributed by atoms with Crippen LogP contribution in [0.2, 0.25) is 0 Å². The summed E-state index contributed by atoms with van der Waals surface area (Å²) in [7, 11) is 0. The molecule has 168 valence electrons. The van der Waals surface area contributed by atoms with Crippen molar-refractivity contribution < 1.29 is 9.32 Å². The minimum absolute atomic E-state index is 0.153. The smallest absolute Gasteiger partial charge is 0.244 e. The number of carbonyl (C=O) groups is 1. The van der Waals surface area contributed by atoms with Crippen LogP contribution in [0.4, 0.5) is 0 Å². The van der Waals surface area contributed by atoms with Crippen LogP contribution in [0.25, 0.3) is 6.08 Å². The van der Waals surface area contributed by atoms with Gasteiger partial charge in [-0.2, -0.15) is 10.1 Å². The molecule has 0 bridgehead atoms. The van der Waals surface area contributed by atoms with Gasteiger partial charge in [0.1, 0.15) is 5.54 Å². The van der Waals surface area contributed by atoms with Crippen molar-refractivity contribution in [1.82, 2.24) is 25.2 Å². The molecule has 7 nitrogen and oxygen atoms in total. The van der Waals surface area contributed by atoms with Crippen LogP contribution in [0, 0.1) is 27.7 Å². The van der Waals surface area contributed by atoms with Crippen molar-refractivity contribution in [1.29, 1.82) is 0 Å². The summed E-state index contributed by atoms with van der Waals surface area (Å²) < 4.78 is 7.19. The van der Waals surface area contributed by atoms with Crippen LogP contribution >= 0.6 is 0 Å². The molecule has 0 spiro atoms. The van der Waals surface area contributed by atoms with E-state index in [0.717, 1.165) is 49.1 Å². The number of hydrogen-bond donors (Lipinski definition) is 1. The molecule has 0 saturated heterocycles. The molecule has 1 fully saturated rings. The molecule has 0 unspecified atom stereocenters. The monoisotopic (exact) mass is 433 g/mol. The van der Waals surface area contributed by atoms with Gasteiger partial charge in [-0.05, 0) is 45.3 Å². The minimum atomic E-state index is -0.558. The Morgan fingerprint density at radius 2 is 1.84 bits per heavy atom. The van der Waals surface area contributed by atoms with Gasteiger partial charge in [0.2, 0.25) is 11.8 Å². The van der Waals surface area contributed by atoms with E-state index in [-0.39, 0.29) is 5.91 Å². The Bertz CT molecular complexity index is 1120. The Morgan fingerprint density at radius 1 is 1.12 bits per heavy atom. The summed E-state index contributed by atoms with van der Waals surface area (Å²) in [5.74, 6) is 0.941. The zero-order valence-electron chi connectivity index (χ0n) is 19.3. The van der Waals surface area contributed by atoms with Gasteiger partial charge < -0.3 is 9.84 Å². The fourth-order valence-electron chi connectivity index (χ4n) is 4.46. The summed E-state index contributed by atoms with van der Waals surface area (Å²) in [6.07, 6.45) is 8.30. The van der Waals surface area contributed by atoms with Crippen molar-refractivity contribution in [2.24, 2.45) is 0 Å². The van der Waals surface area contributed by atoms with Gasteiger partial charge in [0.15, 0.2) is 5.82 Å². The first kappa shape index (κ1) is 22.0. The lowest BCUT2D eigenvalue weighted by Gasteiger charge is -2.34. The Labute approximate surface area is 188 Å². The third kappa shape index (κ3) is 4.66. The molecule has 1 aliphatic rings. The molecule has 32 heavy (non-hydrogen) atoms. The molecule has 0 aliphatic heterocycles. The average molecular weight is 434 g/mol. The minimum Gasteiger partial charge on any atom is -0.340 e. The summed E-state index contributed by atoms with van der Waals surface area (Å²) in [4.78, 5) is 17.3. The van der Waals surface area contributed by atoms with Crippen LogP contribution in [-0.2, 0) is 16.9 Å². The zero-order chi connectivity index (χ0) is 22.7. The normalized spacial score (nSPS) is 15.9. The summed E-state index contributed by atoms with van der Waals surface area (Å²) in [6.45, 7) is 8.57. The van der Waals surface area contributed by atoms with Crippen LogP contribution in [0.15, 0.2) is 34.9 Å². The van der Waals surface area contributed by atoms with Crippen LogP contribution in [0.5, 0.6) is 0 Å². The van der Waals surface area contributed by atoms with Crippen molar-refractivity contribution in [3.63, 3.8) is 0 Å². The Kier molecular flexibility index (Phi) is 6.26. The second kappa shape index (κ2) is 9.10. The highest BCUT2D eigenvalue weighted by atomic mass is 16.5. The van der Waals surface area contributed by atoms with E-state index < -0.39 is 5.54 Å². The van der Waals surface area contributed by atoms with Gasteiger partial charge in [-0.1, -0.05) is 54.2 Å². The lowest BCUT2D eigenvalue weighted by molar-refractivity contribution is -0.119. The number of rotatable bonds is 6. The lowest BCUT2D eigenvalue weighted by atomic mass is 9.81. The molecule has 0 radical (unpaired) electrons. The fourth-order valence-corrected chi connectivity index (χ4v) is 4.46. The quantitative estimate of drug-likeness (QED) is 0.577. The third-order valence-corrected chi connectivity index (χ3v) is 6.32. The maximum absolute atomic E-state index is 12.9. The molecule has 1 aromatic carbocycles. The van der Waals surface area contributed by atoms with Gasteiger partial charge in [-0.25, -0.2) is 0 Å². The molecule has 7 heteroatoms. The maximum atomic E-state index is 12.9. The molecule has 3 aromatic rings.